The summed E-state index contributed by atoms with van der Waals surface area (Å²) in [6.07, 6.45) is 2.89. The number of nitrogens with zero attached hydrogens (tertiary/aromatic N) is 1. The number of hydrogen-bond acceptors (Lipinski definition) is 5. The van der Waals surface area contributed by atoms with Crippen molar-refractivity contribution in [3.05, 3.63) is 35.2 Å². The summed E-state index contributed by atoms with van der Waals surface area (Å²) in [5, 5.41) is 8.16. The molecule has 0 aliphatic carbocycles. The van der Waals surface area contributed by atoms with Crippen LogP contribution in [0.15, 0.2) is 29.6 Å². The first-order valence-corrected chi connectivity index (χ1v) is 9.66. The minimum atomic E-state index is -0.0577. The molecule has 1 atom stereocenters. The summed E-state index contributed by atoms with van der Waals surface area (Å²) in [5.74, 6) is -0.0537. The fourth-order valence-corrected chi connectivity index (χ4v) is 3.14. The third kappa shape index (κ3) is 6.93. The van der Waals surface area contributed by atoms with Crippen LogP contribution in [0.1, 0.15) is 38.7 Å². The summed E-state index contributed by atoms with van der Waals surface area (Å²) in [4.78, 5) is 27.2. The molecule has 0 saturated heterocycles. The lowest BCUT2D eigenvalue weighted by molar-refractivity contribution is -0.119. The first kappa shape index (κ1) is 20.1. The number of carbonyl (C=O) groups excluding carboxylic acids is 2. The molecule has 1 heterocycles. The standard InChI is InChI=1S/C19H26N4O2S/c1-13(20)5-10-18(25)23-19-22-17(12-26-19)16-8-6-15(7-9-16)4-3-11-21-14(2)24/h6-9,12-13H,3-5,10-11,20H2,1-2H3,(H,21,24)(H,22,23,25). The van der Waals surface area contributed by atoms with Crippen LogP contribution >= 0.6 is 11.3 Å². The minimum absolute atomic E-state index is 0.00399. The van der Waals surface area contributed by atoms with Gasteiger partial charge in [-0.15, -0.1) is 11.3 Å². The van der Waals surface area contributed by atoms with Crippen molar-refractivity contribution in [1.82, 2.24) is 10.3 Å². The van der Waals surface area contributed by atoms with E-state index in [-0.39, 0.29) is 17.9 Å². The number of aryl methyl sites for hydroxylation is 1. The lowest BCUT2D eigenvalue weighted by Gasteiger charge is -2.05. The number of anilines is 1. The molecule has 0 spiro atoms. The zero-order valence-electron chi connectivity index (χ0n) is 15.2. The van der Waals surface area contributed by atoms with Crippen molar-refractivity contribution in [3.8, 4) is 11.3 Å². The lowest BCUT2D eigenvalue weighted by Crippen LogP contribution is -2.21. The molecule has 0 aliphatic heterocycles. The molecule has 0 radical (unpaired) electrons. The molecule has 0 bridgehead atoms. The average Bonchev–Trinajstić information content (AvgIpc) is 3.05. The van der Waals surface area contributed by atoms with Gasteiger partial charge in [-0.25, -0.2) is 4.98 Å². The van der Waals surface area contributed by atoms with E-state index >= 15 is 0 Å². The van der Waals surface area contributed by atoms with Gasteiger partial charge in [0.25, 0.3) is 0 Å². The number of benzene rings is 1. The van der Waals surface area contributed by atoms with Gasteiger partial charge >= 0.3 is 0 Å². The summed E-state index contributed by atoms with van der Waals surface area (Å²) in [6.45, 7) is 4.10. The highest BCUT2D eigenvalue weighted by molar-refractivity contribution is 7.14. The quantitative estimate of drug-likeness (QED) is 0.588. The summed E-state index contributed by atoms with van der Waals surface area (Å²) in [5.41, 5.74) is 8.75. The van der Waals surface area contributed by atoms with Crippen LogP contribution in [0.2, 0.25) is 0 Å². The third-order valence-corrected chi connectivity index (χ3v) is 4.60. The van der Waals surface area contributed by atoms with Crippen molar-refractivity contribution in [1.29, 1.82) is 0 Å². The molecule has 2 aromatic rings. The van der Waals surface area contributed by atoms with E-state index in [0.29, 0.717) is 24.5 Å². The van der Waals surface area contributed by atoms with Gasteiger partial charge in [-0.3, -0.25) is 9.59 Å². The summed E-state index contributed by atoms with van der Waals surface area (Å²) in [6, 6.07) is 8.23. The highest BCUT2D eigenvalue weighted by Gasteiger charge is 2.09. The van der Waals surface area contributed by atoms with Crippen LogP contribution in [0.4, 0.5) is 5.13 Å². The second-order valence-corrected chi connectivity index (χ2v) is 7.24. The molecule has 140 valence electrons. The first-order chi connectivity index (χ1) is 12.4. The zero-order chi connectivity index (χ0) is 18.9. The molecule has 0 saturated carbocycles. The lowest BCUT2D eigenvalue weighted by atomic mass is 10.1. The van der Waals surface area contributed by atoms with E-state index in [1.54, 1.807) is 0 Å². The highest BCUT2D eigenvalue weighted by Crippen LogP contribution is 2.25. The van der Waals surface area contributed by atoms with E-state index in [4.69, 9.17) is 5.73 Å². The van der Waals surface area contributed by atoms with Gasteiger partial charge in [0.15, 0.2) is 5.13 Å². The number of nitrogens with two attached hydrogens (primary N) is 1. The topological polar surface area (TPSA) is 97.1 Å². The Balaban J connectivity index is 1.86. The van der Waals surface area contributed by atoms with Crippen LogP contribution in [-0.2, 0) is 16.0 Å². The maximum Gasteiger partial charge on any atom is 0.226 e. The Kier molecular flexibility index (Phi) is 7.74. The maximum absolute atomic E-state index is 11.8. The van der Waals surface area contributed by atoms with Gasteiger partial charge < -0.3 is 16.4 Å². The number of aromatic nitrogens is 1. The van der Waals surface area contributed by atoms with Crippen molar-refractivity contribution in [2.24, 2.45) is 5.73 Å². The van der Waals surface area contributed by atoms with Gasteiger partial charge in [0.2, 0.25) is 11.8 Å². The number of thiazole rings is 1. The molecule has 6 nitrogen and oxygen atoms in total. The largest absolute Gasteiger partial charge is 0.356 e. The van der Waals surface area contributed by atoms with Crippen LogP contribution < -0.4 is 16.4 Å². The summed E-state index contributed by atoms with van der Waals surface area (Å²) >= 11 is 1.42. The predicted octanol–water partition coefficient (Wildman–Crippen LogP) is 2.94. The molecular weight excluding hydrogens is 348 g/mol. The molecule has 26 heavy (non-hydrogen) atoms. The van der Waals surface area contributed by atoms with Gasteiger partial charge in [0.05, 0.1) is 5.69 Å². The molecule has 2 rings (SSSR count). The molecular formula is C19H26N4O2S. The van der Waals surface area contributed by atoms with E-state index in [9.17, 15) is 9.59 Å². The van der Waals surface area contributed by atoms with Crippen molar-refractivity contribution < 1.29 is 9.59 Å². The second-order valence-electron chi connectivity index (χ2n) is 6.39. The van der Waals surface area contributed by atoms with Crippen LogP contribution in [0.3, 0.4) is 0 Å². The summed E-state index contributed by atoms with van der Waals surface area (Å²) in [7, 11) is 0. The number of amides is 2. The van der Waals surface area contributed by atoms with E-state index in [2.05, 4.69) is 27.8 Å². The fourth-order valence-electron chi connectivity index (χ4n) is 2.40. The molecule has 1 unspecified atom stereocenters. The number of carbonyl (C=O) groups is 2. The Hall–Kier alpha value is -2.25. The van der Waals surface area contributed by atoms with E-state index in [1.807, 2.05) is 24.4 Å². The number of hydrogen-bond donors (Lipinski definition) is 3. The molecule has 7 heteroatoms. The van der Waals surface area contributed by atoms with Gasteiger partial charge in [-0.2, -0.15) is 0 Å². The normalized spacial score (nSPS) is 11.8. The van der Waals surface area contributed by atoms with Gasteiger partial charge in [-0.1, -0.05) is 24.3 Å². The van der Waals surface area contributed by atoms with Gasteiger partial charge in [-0.05, 0) is 31.7 Å². The van der Waals surface area contributed by atoms with Crippen LogP contribution in [-0.4, -0.2) is 29.4 Å². The molecule has 2 amide bonds. The van der Waals surface area contributed by atoms with Crippen molar-refractivity contribution >= 4 is 28.3 Å². The molecule has 0 fully saturated rings. The van der Waals surface area contributed by atoms with E-state index in [1.165, 1.54) is 23.8 Å². The number of rotatable bonds is 9. The Morgan fingerprint density at radius 1 is 1.27 bits per heavy atom. The smallest absolute Gasteiger partial charge is 0.226 e. The van der Waals surface area contributed by atoms with Crippen LogP contribution in [0.25, 0.3) is 11.3 Å². The van der Waals surface area contributed by atoms with Crippen molar-refractivity contribution in [2.45, 2.75) is 45.6 Å². The average molecular weight is 375 g/mol. The Labute approximate surface area is 158 Å². The molecule has 0 aliphatic rings. The monoisotopic (exact) mass is 374 g/mol. The minimum Gasteiger partial charge on any atom is -0.356 e. The third-order valence-electron chi connectivity index (χ3n) is 3.84. The fraction of sp³-hybridized carbons (Fsp3) is 0.421. The van der Waals surface area contributed by atoms with E-state index in [0.717, 1.165) is 24.1 Å². The highest BCUT2D eigenvalue weighted by atomic mass is 32.1. The SMILES string of the molecule is CC(=O)NCCCc1ccc(-c2csc(NC(=O)CCC(C)N)n2)cc1. The van der Waals surface area contributed by atoms with E-state index < -0.39 is 0 Å². The maximum atomic E-state index is 11.8. The molecule has 1 aromatic carbocycles. The van der Waals surface area contributed by atoms with Crippen molar-refractivity contribution in [3.63, 3.8) is 0 Å². The van der Waals surface area contributed by atoms with Gasteiger partial charge in [0, 0.05) is 36.9 Å². The Bertz CT molecular complexity index is 725. The first-order valence-electron chi connectivity index (χ1n) is 8.78. The number of nitrogens with one attached hydrogen (secondary N) is 2. The Morgan fingerprint density at radius 3 is 2.65 bits per heavy atom. The van der Waals surface area contributed by atoms with Crippen molar-refractivity contribution in [2.75, 3.05) is 11.9 Å². The van der Waals surface area contributed by atoms with Crippen LogP contribution in [0.5, 0.6) is 0 Å². The second kappa shape index (κ2) is 10.0. The summed E-state index contributed by atoms with van der Waals surface area (Å²) < 4.78 is 0. The van der Waals surface area contributed by atoms with Crippen LogP contribution in [0, 0.1) is 0 Å². The molecule has 4 N–H and O–H groups in total. The Morgan fingerprint density at radius 2 is 2.00 bits per heavy atom. The zero-order valence-corrected chi connectivity index (χ0v) is 16.1. The van der Waals surface area contributed by atoms with Gasteiger partial charge in [0.1, 0.15) is 0 Å². The molecule has 1 aromatic heterocycles. The predicted molar refractivity (Wildman–Crippen MR) is 106 cm³/mol.